The third kappa shape index (κ3) is 3.95. The minimum absolute atomic E-state index is 0.111. The summed E-state index contributed by atoms with van der Waals surface area (Å²) < 4.78 is 17.0. The van der Waals surface area contributed by atoms with Crippen molar-refractivity contribution < 1.29 is 24.1 Å². The summed E-state index contributed by atoms with van der Waals surface area (Å²) in [5, 5.41) is 10.7. The predicted octanol–water partition coefficient (Wildman–Crippen LogP) is 2.81. The third-order valence-electron chi connectivity index (χ3n) is 4.96. The first-order valence-electron chi connectivity index (χ1n) is 8.39. The van der Waals surface area contributed by atoms with E-state index in [0.29, 0.717) is 19.4 Å². The van der Waals surface area contributed by atoms with Gasteiger partial charge in [0.05, 0.1) is 24.2 Å². The molecule has 132 valence electrons. The van der Waals surface area contributed by atoms with E-state index >= 15 is 0 Å². The molecule has 0 saturated carbocycles. The number of rotatable bonds is 4. The van der Waals surface area contributed by atoms with E-state index in [2.05, 4.69) is 0 Å². The Balaban J connectivity index is 2.05. The molecule has 5 heteroatoms. The SMILES string of the molecule is CC(C)=CC[C@]1(C)C(=O)O[C@H](C[C@H]2COC(C)(C)O2)[C@@H](C)[C@@H]1O. The lowest BCUT2D eigenvalue weighted by Crippen LogP contribution is -2.55. The van der Waals surface area contributed by atoms with Crippen LogP contribution < -0.4 is 0 Å². The Bertz CT molecular complexity index is 480. The Kier molecular flexibility index (Phi) is 5.24. The number of esters is 1. The zero-order valence-corrected chi connectivity index (χ0v) is 15.1. The summed E-state index contributed by atoms with van der Waals surface area (Å²) in [6.07, 6.45) is 1.82. The number of allylic oxidation sites excluding steroid dienone is 2. The van der Waals surface area contributed by atoms with E-state index in [0.717, 1.165) is 5.57 Å². The Labute approximate surface area is 139 Å². The molecule has 5 atom stereocenters. The highest BCUT2D eigenvalue weighted by molar-refractivity contribution is 5.78. The van der Waals surface area contributed by atoms with Gasteiger partial charge in [0.25, 0.3) is 0 Å². The molecule has 0 spiro atoms. The van der Waals surface area contributed by atoms with Crippen molar-refractivity contribution >= 4 is 5.97 Å². The van der Waals surface area contributed by atoms with Gasteiger partial charge in [-0.1, -0.05) is 18.6 Å². The summed E-state index contributed by atoms with van der Waals surface area (Å²) in [5.74, 6) is -1.07. The average molecular weight is 326 g/mol. The van der Waals surface area contributed by atoms with Gasteiger partial charge < -0.3 is 19.3 Å². The summed E-state index contributed by atoms with van der Waals surface area (Å²) in [6.45, 7) is 11.9. The molecule has 0 radical (unpaired) electrons. The molecule has 0 amide bonds. The second-order valence-electron chi connectivity index (χ2n) is 7.84. The van der Waals surface area contributed by atoms with E-state index in [1.54, 1.807) is 6.92 Å². The average Bonchev–Trinajstić information content (AvgIpc) is 2.79. The lowest BCUT2D eigenvalue weighted by molar-refractivity contribution is -0.198. The number of cyclic esters (lactones) is 1. The number of aliphatic hydroxyl groups excluding tert-OH is 1. The van der Waals surface area contributed by atoms with Gasteiger partial charge in [-0.25, -0.2) is 0 Å². The zero-order chi connectivity index (χ0) is 17.4. The van der Waals surface area contributed by atoms with Gasteiger partial charge in [-0.2, -0.15) is 0 Å². The van der Waals surface area contributed by atoms with Crippen LogP contribution in [0.25, 0.3) is 0 Å². The molecule has 2 fully saturated rings. The molecule has 2 saturated heterocycles. The molecule has 23 heavy (non-hydrogen) atoms. The van der Waals surface area contributed by atoms with Crippen LogP contribution in [0.5, 0.6) is 0 Å². The van der Waals surface area contributed by atoms with Gasteiger partial charge in [-0.15, -0.1) is 0 Å². The zero-order valence-electron chi connectivity index (χ0n) is 15.1. The van der Waals surface area contributed by atoms with Crippen LogP contribution in [0.1, 0.15) is 54.4 Å². The van der Waals surface area contributed by atoms with E-state index < -0.39 is 17.3 Å². The fourth-order valence-corrected chi connectivity index (χ4v) is 3.31. The van der Waals surface area contributed by atoms with E-state index in [-0.39, 0.29) is 24.1 Å². The number of carbonyl (C=O) groups excluding carboxylic acids is 1. The first-order chi connectivity index (χ1) is 10.5. The Morgan fingerprint density at radius 3 is 2.52 bits per heavy atom. The van der Waals surface area contributed by atoms with Gasteiger partial charge in [0.2, 0.25) is 0 Å². The Morgan fingerprint density at radius 1 is 1.35 bits per heavy atom. The Hall–Kier alpha value is -0.910. The van der Waals surface area contributed by atoms with Crippen LogP contribution in [-0.4, -0.2) is 41.8 Å². The normalized spacial score (nSPS) is 39.9. The second kappa shape index (κ2) is 6.54. The van der Waals surface area contributed by atoms with Gasteiger partial charge in [-0.05, 0) is 41.0 Å². The third-order valence-corrected chi connectivity index (χ3v) is 4.96. The van der Waals surface area contributed by atoms with Crippen LogP contribution in [0, 0.1) is 11.3 Å². The Morgan fingerprint density at radius 2 is 2.00 bits per heavy atom. The second-order valence-corrected chi connectivity index (χ2v) is 7.84. The molecule has 1 N–H and O–H groups in total. The molecule has 2 aliphatic rings. The number of carbonyl (C=O) groups is 1. The van der Waals surface area contributed by atoms with Crippen LogP contribution >= 0.6 is 0 Å². The maximum atomic E-state index is 12.5. The van der Waals surface area contributed by atoms with Crippen molar-refractivity contribution in [3.8, 4) is 0 Å². The van der Waals surface area contributed by atoms with Crippen molar-refractivity contribution in [1.82, 2.24) is 0 Å². The predicted molar refractivity (Wildman–Crippen MR) is 86.7 cm³/mol. The molecule has 5 nitrogen and oxygen atoms in total. The van der Waals surface area contributed by atoms with Gasteiger partial charge in [0.15, 0.2) is 5.79 Å². The highest BCUT2D eigenvalue weighted by Crippen LogP contribution is 2.41. The number of hydrogen-bond acceptors (Lipinski definition) is 5. The van der Waals surface area contributed by atoms with Crippen molar-refractivity contribution in [3.63, 3.8) is 0 Å². The maximum absolute atomic E-state index is 12.5. The van der Waals surface area contributed by atoms with Gasteiger partial charge in [-0.3, -0.25) is 4.79 Å². The van der Waals surface area contributed by atoms with Crippen LogP contribution in [0.3, 0.4) is 0 Å². The summed E-state index contributed by atoms with van der Waals surface area (Å²) in [6, 6.07) is 0. The maximum Gasteiger partial charge on any atom is 0.315 e. The van der Waals surface area contributed by atoms with Gasteiger partial charge in [0.1, 0.15) is 6.10 Å². The molecule has 0 aromatic carbocycles. The molecular formula is C18H30O5. The van der Waals surface area contributed by atoms with E-state index in [9.17, 15) is 9.90 Å². The monoisotopic (exact) mass is 326 g/mol. The van der Waals surface area contributed by atoms with Crippen molar-refractivity contribution in [2.75, 3.05) is 6.61 Å². The van der Waals surface area contributed by atoms with Crippen LogP contribution in [-0.2, 0) is 19.0 Å². The first-order valence-corrected chi connectivity index (χ1v) is 8.39. The highest BCUT2D eigenvalue weighted by Gasteiger charge is 2.52. The molecule has 2 rings (SSSR count). The van der Waals surface area contributed by atoms with Crippen molar-refractivity contribution in [2.45, 2.75) is 78.5 Å². The molecule has 0 bridgehead atoms. The van der Waals surface area contributed by atoms with Crippen LogP contribution in [0.4, 0.5) is 0 Å². The van der Waals surface area contributed by atoms with Crippen molar-refractivity contribution in [1.29, 1.82) is 0 Å². The smallest absolute Gasteiger partial charge is 0.315 e. The summed E-state index contributed by atoms with van der Waals surface area (Å²) in [5.41, 5.74) is 0.235. The van der Waals surface area contributed by atoms with Crippen molar-refractivity contribution in [2.24, 2.45) is 11.3 Å². The van der Waals surface area contributed by atoms with E-state index in [1.165, 1.54) is 0 Å². The van der Waals surface area contributed by atoms with E-state index in [1.807, 2.05) is 40.7 Å². The minimum atomic E-state index is -0.889. The summed E-state index contributed by atoms with van der Waals surface area (Å²) in [7, 11) is 0. The minimum Gasteiger partial charge on any atom is -0.461 e. The molecule has 2 aliphatic heterocycles. The fraction of sp³-hybridized carbons (Fsp3) is 0.833. The number of aliphatic hydroxyl groups is 1. The van der Waals surface area contributed by atoms with Crippen molar-refractivity contribution in [3.05, 3.63) is 11.6 Å². The van der Waals surface area contributed by atoms with Gasteiger partial charge in [0, 0.05) is 12.3 Å². The fourth-order valence-electron chi connectivity index (χ4n) is 3.31. The first kappa shape index (κ1) is 18.4. The topological polar surface area (TPSA) is 65.0 Å². The molecular weight excluding hydrogens is 296 g/mol. The van der Waals surface area contributed by atoms with Crippen LogP contribution in [0.2, 0.25) is 0 Å². The molecule has 0 aromatic heterocycles. The van der Waals surface area contributed by atoms with Crippen LogP contribution in [0.15, 0.2) is 11.6 Å². The van der Waals surface area contributed by atoms with Gasteiger partial charge >= 0.3 is 5.97 Å². The standard InChI is InChI=1S/C18H30O5/c1-11(2)7-8-18(6)15(19)12(3)14(22-16(18)20)9-13-10-21-17(4,5)23-13/h7,12-15,19H,8-10H2,1-6H3/t12-,13+,14-,15+,18+/m1/s1. The highest BCUT2D eigenvalue weighted by atomic mass is 16.7. The molecule has 0 aromatic rings. The quantitative estimate of drug-likeness (QED) is 0.636. The van der Waals surface area contributed by atoms with E-state index in [4.69, 9.17) is 14.2 Å². The number of hydrogen-bond donors (Lipinski definition) is 1. The molecule has 2 heterocycles. The number of ether oxygens (including phenoxy) is 3. The summed E-state index contributed by atoms with van der Waals surface area (Å²) >= 11 is 0. The lowest BCUT2D eigenvalue weighted by Gasteiger charge is -2.44. The largest absolute Gasteiger partial charge is 0.461 e. The lowest BCUT2D eigenvalue weighted by atomic mass is 9.71. The summed E-state index contributed by atoms with van der Waals surface area (Å²) in [4.78, 5) is 12.5. The molecule has 0 aliphatic carbocycles. The molecule has 0 unspecified atom stereocenters.